The fourth-order valence-corrected chi connectivity index (χ4v) is 2.44. The fraction of sp³-hybridized carbons (Fsp3) is 0.571. The number of benzene rings is 1. The summed E-state index contributed by atoms with van der Waals surface area (Å²) in [6.07, 6.45) is 2.34. The highest BCUT2D eigenvalue weighted by atomic mass is 19.1. The molecule has 0 spiro atoms. The molecule has 1 aliphatic heterocycles. The first-order valence-electron chi connectivity index (χ1n) is 6.37. The van der Waals surface area contributed by atoms with Gasteiger partial charge in [-0.2, -0.15) is 0 Å². The van der Waals surface area contributed by atoms with Crippen molar-refractivity contribution in [3.8, 4) is 0 Å². The Labute approximate surface area is 103 Å². The molecule has 1 fully saturated rings. The standard InChI is InChI=1S/C14H21FN2/c1-11-13(3-2-4-14(11)15)10-17-7-5-12(9-16)6-8-17/h2-4,12H,5-10,16H2,1H3. The number of piperidine rings is 1. The molecule has 1 saturated heterocycles. The Bertz CT molecular complexity index is 370. The summed E-state index contributed by atoms with van der Waals surface area (Å²) < 4.78 is 13.4. The lowest BCUT2D eigenvalue weighted by Gasteiger charge is -2.31. The summed E-state index contributed by atoms with van der Waals surface area (Å²) in [6, 6.07) is 5.34. The van der Waals surface area contributed by atoms with E-state index in [0.717, 1.165) is 37.3 Å². The summed E-state index contributed by atoms with van der Waals surface area (Å²) in [6.45, 7) is 5.68. The van der Waals surface area contributed by atoms with Crippen LogP contribution in [0.4, 0.5) is 4.39 Å². The first-order chi connectivity index (χ1) is 8.20. The van der Waals surface area contributed by atoms with Crippen molar-refractivity contribution in [2.75, 3.05) is 19.6 Å². The SMILES string of the molecule is Cc1c(F)cccc1CN1CCC(CN)CC1. The molecule has 1 aliphatic rings. The van der Waals surface area contributed by atoms with E-state index in [0.29, 0.717) is 5.92 Å². The normalized spacial score (nSPS) is 18.5. The van der Waals surface area contributed by atoms with E-state index in [1.165, 1.54) is 18.9 Å². The van der Waals surface area contributed by atoms with Crippen molar-refractivity contribution in [3.05, 3.63) is 35.1 Å². The molecule has 1 heterocycles. The fourth-order valence-electron chi connectivity index (χ4n) is 2.44. The largest absolute Gasteiger partial charge is 0.330 e. The van der Waals surface area contributed by atoms with Crippen LogP contribution in [0.3, 0.4) is 0 Å². The van der Waals surface area contributed by atoms with Crippen LogP contribution in [0.15, 0.2) is 18.2 Å². The summed E-state index contributed by atoms with van der Waals surface area (Å²) in [5, 5.41) is 0. The van der Waals surface area contributed by atoms with Gasteiger partial charge in [0.25, 0.3) is 0 Å². The van der Waals surface area contributed by atoms with Gasteiger partial charge in [0.2, 0.25) is 0 Å². The van der Waals surface area contributed by atoms with E-state index in [-0.39, 0.29) is 5.82 Å². The summed E-state index contributed by atoms with van der Waals surface area (Å²) >= 11 is 0. The van der Waals surface area contributed by atoms with Gasteiger partial charge in [0.1, 0.15) is 5.82 Å². The molecule has 0 aliphatic carbocycles. The lowest BCUT2D eigenvalue weighted by molar-refractivity contribution is 0.180. The number of nitrogens with two attached hydrogens (primary N) is 1. The first kappa shape index (κ1) is 12.5. The van der Waals surface area contributed by atoms with Crippen LogP contribution in [0.1, 0.15) is 24.0 Å². The number of hydrogen-bond acceptors (Lipinski definition) is 2. The molecule has 2 N–H and O–H groups in total. The van der Waals surface area contributed by atoms with Crippen molar-refractivity contribution in [3.63, 3.8) is 0 Å². The molecule has 0 saturated carbocycles. The van der Waals surface area contributed by atoms with Gasteiger partial charge in [0.05, 0.1) is 0 Å². The van der Waals surface area contributed by atoms with Crippen molar-refractivity contribution < 1.29 is 4.39 Å². The second-order valence-electron chi connectivity index (χ2n) is 4.98. The molecule has 0 radical (unpaired) electrons. The van der Waals surface area contributed by atoms with Crippen LogP contribution in [0.25, 0.3) is 0 Å². The topological polar surface area (TPSA) is 29.3 Å². The Morgan fingerprint density at radius 3 is 2.71 bits per heavy atom. The predicted molar refractivity (Wildman–Crippen MR) is 68.2 cm³/mol. The van der Waals surface area contributed by atoms with Gasteiger partial charge >= 0.3 is 0 Å². The predicted octanol–water partition coefficient (Wildman–Crippen LogP) is 2.30. The van der Waals surface area contributed by atoms with Crippen LogP contribution in [0.2, 0.25) is 0 Å². The molecule has 2 nitrogen and oxygen atoms in total. The Kier molecular flexibility index (Phi) is 4.13. The maximum atomic E-state index is 13.4. The second kappa shape index (κ2) is 5.61. The second-order valence-corrected chi connectivity index (χ2v) is 4.98. The van der Waals surface area contributed by atoms with E-state index in [9.17, 15) is 4.39 Å². The Hall–Kier alpha value is -0.930. The van der Waals surface area contributed by atoms with Crippen LogP contribution < -0.4 is 5.73 Å². The van der Waals surface area contributed by atoms with E-state index < -0.39 is 0 Å². The molecule has 0 aromatic heterocycles. The smallest absolute Gasteiger partial charge is 0.126 e. The van der Waals surface area contributed by atoms with Gasteiger partial charge in [-0.3, -0.25) is 4.90 Å². The molecule has 0 atom stereocenters. The minimum atomic E-state index is -0.0978. The summed E-state index contributed by atoms with van der Waals surface area (Å²) in [5.74, 6) is 0.583. The van der Waals surface area contributed by atoms with E-state index in [2.05, 4.69) is 4.90 Å². The maximum absolute atomic E-state index is 13.4. The Balaban J connectivity index is 1.95. The van der Waals surface area contributed by atoms with Gasteiger partial charge in [-0.1, -0.05) is 12.1 Å². The number of hydrogen-bond donors (Lipinski definition) is 1. The molecule has 1 aromatic carbocycles. The van der Waals surface area contributed by atoms with Crippen LogP contribution in [0, 0.1) is 18.7 Å². The highest BCUT2D eigenvalue weighted by molar-refractivity contribution is 5.27. The maximum Gasteiger partial charge on any atom is 0.126 e. The van der Waals surface area contributed by atoms with Crippen LogP contribution in [-0.4, -0.2) is 24.5 Å². The van der Waals surface area contributed by atoms with E-state index in [4.69, 9.17) is 5.73 Å². The van der Waals surface area contributed by atoms with Gasteiger partial charge in [-0.15, -0.1) is 0 Å². The van der Waals surface area contributed by atoms with Gasteiger partial charge in [0.15, 0.2) is 0 Å². The Morgan fingerprint density at radius 2 is 2.06 bits per heavy atom. The molecule has 2 rings (SSSR count). The Morgan fingerprint density at radius 1 is 1.35 bits per heavy atom. The number of likely N-dealkylation sites (tertiary alicyclic amines) is 1. The number of nitrogens with zero attached hydrogens (tertiary/aromatic N) is 1. The first-order valence-corrected chi connectivity index (χ1v) is 6.37. The van der Waals surface area contributed by atoms with E-state index in [1.54, 1.807) is 6.07 Å². The van der Waals surface area contributed by atoms with Gasteiger partial charge < -0.3 is 5.73 Å². The molecule has 1 aromatic rings. The minimum absolute atomic E-state index is 0.0978. The van der Waals surface area contributed by atoms with E-state index in [1.807, 2.05) is 13.0 Å². The lowest BCUT2D eigenvalue weighted by atomic mass is 9.96. The van der Waals surface area contributed by atoms with Crippen molar-refractivity contribution >= 4 is 0 Å². The quantitative estimate of drug-likeness (QED) is 0.872. The molecular weight excluding hydrogens is 215 g/mol. The summed E-state index contributed by atoms with van der Waals surface area (Å²) in [4.78, 5) is 2.40. The van der Waals surface area contributed by atoms with E-state index >= 15 is 0 Å². The van der Waals surface area contributed by atoms with Crippen molar-refractivity contribution in [2.45, 2.75) is 26.3 Å². The highest BCUT2D eigenvalue weighted by Crippen LogP contribution is 2.20. The summed E-state index contributed by atoms with van der Waals surface area (Å²) in [5.41, 5.74) is 7.57. The van der Waals surface area contributed by atoms with Crippen LogP contribution >= 0.6 is 0 Å². The zero-order valence-electron chi connectivity index (χ0n) is 10.5. The summed E-state index contributed by atoms with van der Waals surface area (Å²) in [7, 11) is 0. The lowest BCUT2D eigenvalue weighted by Crippen LogP contribution is -2.35. The molecule has 3 heteroatoms. The van der Waals surface area contributed by atoms with Gasteiger partial charge in [-0.25, -0.2) is 4.39 Å². The third-order valence-electron chi connectivity index (χ3n) is 3.81. The minimum Gasteiger partial charge on any atom is -0.330 e. The molecular formula is C14H21FN2. The highest BCUT2D eigenvalue weighted by Gasteiger charge is 2.18. The average Bonchev–Trinajstić information content (AvgIpc) is 2.36. The van der Waals surface area contributed by atoms with Crippen molar-refractivity contribution in [2.24, 2.45) is 11.7 Å². The average molecular weight is 236 g/mol. The zero-order valence-corrected chi connectivity index (χ0v) is 10.5. The molecule has 17 heavy (non-hydrogen) atoms. The third kappa shape index (κ3) is 3.05. The zero-order chi connectivity index (χ0) is 12.3. The number of halogens is 1. The number of rotatable bonds is 3. The van der Waals surface area contributed by atoms with Crippen LogP contribution in [0.5, 0.6) is 0 Å². The van der Waals surface area contributed by atoms with Gasteiger partial charge in [-0.05, 0) is 62.5 Å². The van der Waals surface area contributed by atoms with Crippen molar-refractivity contribution in [1.82, 2.24) is 4.90 Å². The van der Waals surface area contributed by atoms with Crippen LogP contribution in [-0.2, 0) is 6.54 Å². The van der Waals surface area contributed by atoms with Crippen molar-refractivity contribution in [1.29, 1.82) is 0 Å². The monoisotopic (exact) mass is 236 g/mol. The molecule has 0 bridgehead atoms. The molecule has 0 amide bonds. The molecule has 0 unspecified atom stereocenters. The molecule has 94 valence electrons. The van der Waals surface area contributed by atoms with Gasteiger partial charge in [0, 0.05) is 6.54 Å². The third-order valence-corrected chi connectivity index (χ3v) is 3.81.